The molecule has 98 valence electrons. The second kappa shape index (κ2) is 6.17. The van der Waals surface area contributed by atoms with Crippen molar-refractivity contribution < 1.29 is 9.53 Å². The Morgan fingerprint density at radius 2 is 2.53 bits per heavy atom. The summed E-state index contributed by atoms with van der Waals surface area (Å²) in [5.41, 5.74) is 9.57. The van der Waals surface area contributed by atoms with Gasteiger partial charge in [-0.05, 0) is 29.0 Å². The van der Waals surface area contributed by atoms with Crippen LogP contribution in [0.3, 0.4) is 0 Å². The first-order valence-electron chi connectivity index (χ1n) is 5.69. The van der Waals surface area contributed by atoms with E-state index in [9.17, 15) is 4.79 Å². The van der Waals surface area contributed by atoms with E-state index in [0.29, 0.717) is 6.42 Å². The predicted octanol–water partition coefficient (Wildman–Crippen LogP) is 3.60. The highest BCUT2D eigenvalue weighted by Gasteiger charge is 2.16. The molecule has 0 amide bonds. The SMILES string of the molecule is COC(=O)CCC(N=[N+]=[N-])c1csc2ncccc12. The van der Waals surface area contributed by atoms with Crippen LogP contribution >= 0.6 is 11.3 Å². The van der Waals surface area contributed by atoms with Crippen LogP contribution in [-0.2, 0) is 9.53 Å². The van der Waals surface area contributed by atoms with Gasteiger partial charge in [-0.25, -0.2) is 4.98 Å². The number of ether oxygens (including phenoxy) is 1. The molecule has 0 aromatic carbocycles. The van der Waals surface area contributed by atoms with Gasteiger partial charge in [-0.3, -0.25) is 4.79 Å². The summed E-state index contributed by atoms with van der Waals surface area (Å²) in [6.07, 6.45) is 2.37. The number of pyridine rings is 1. The van der Waals surface area contributed by atoms with E-state index in [0.717, 1.165) is 15.8 Å². The molecule has 0 saturated heterocycles. The molecule has 1 unspecified atom stereocenters. The molecule has 0 aliphatic carbocycles. The molecule has 0 aliphatic rings. The molecule has 1 atom stereocenters. The lowest BCUT2D eigenvalue weighted by Gasteiger charge is -2.09. The fourth-order valence-electron chi connectivity index (χ4n) is 1.84. The van der Waals surface area contributed by atoms with Gasteiger partial charge in [0.05, 0.1) is 13.2 Å². The molecule has 0 fully saturated rings. The zero-order valence-corrected chi connectivity index (χ0v) is 11.1. The van der Waals surface area contributed by atoms with Crippen molar-refractivity contribution in [3.8, 4) is 0 Å². The van der Waals surface area contributed by atoms with E-state index in [2.05, 4.69) is 19.7 Å². The van der Waals surface area contributed by atoms with Crippen LogP contribution in [-0.4, -0.2) is 18.1 Å². The number of azide groups is 1. The molecule has 2 rings (SSSR count). The highest BCUT2D eigenvalue weighted by Crippen LogP contribution is 2.33. The smallest absolute Gasteiger partial charge is 0.305 e. The second-order valence-electron chi connectivity index (χ2n) is 3.88. The number of rotatable bonds is 5. The molecule has 6 nitrogen and oxygen atoms in total. The number of carbonyl (C=O) groups excluding carboxylic acids is 1. The van der Waals surface area contributed by atoms with Crippen molar-refractivity contribution in [1.29, 1.82) is 0 Å². The molecule has 0 aliphatic heterocycles. The van der Waals surface area contributed by atoms with Crippen LogP contribution in [0.25, 0.3) is 20.7 Å². The summed E-state index contributed by atoms with van der Waals surface area (Å²) in [6.45, 7) is 0. The average Bonchev–Trinajstić information content (AvgIpc) is 2.87. The maximum Gasteiger partial charge on any atom is 0.305 e. The fraction of sp³-hybridized carbons (Fsp3) is 0.333. The summed E-state index contributed by atoms with van der Waals surface area (Å²) in [6, 6.07) is 3.40. The Bertz CT molecular complexity index is 633. The van der Waals surface area contributed by atoms with Crippen LogP contribution in [0, 0.1) is 0 Å². The van der Waals surface area contributed by atoms with Gasteiger partial charge in [0, 0.05) is 22.9 Å². The minimum atomic E-state index is -0.373. The van der Waals surface area contributed by atoms with Gasteiger partial charge in [0.1, 0.15) is 4.83 Å². The van der Waals surface area contributed by atoms with Gasteiger partial charge in [0.25, 0.3) is 0 Å². The molecule has 0 saturated carbocycles. The Hall–Kier alpha value is -2.11. The van der Waals surface area contributed by atoms with Crippen LogP contribution in [0.1, 0.15) is 24.4 Å². The Morgan fingerprint density at radius 1 is 1.68 bits per heavy atom. The Morgan fingerprint density at radius 3 is 3.26 bits per heavy atom. The van der Waals surface area contributed by atoms with Gasteiger partial charge in [0.2, 0.25) is 0 Å². The first-order valence-corrected chi connectivity index (χ1v) is 6.57. The maximum atomic E-state index is 11.2. The quantitative estimate of drug-likeness (QED) is 0.361. The fourth-order valence-corrected chi connectivity index (χ4v) is 2.80. The molecular weight excluding hydrogens is 264 g/mol. The maximum absolute atomic E-state index is 11.2. The van der Waals surface area contributed by atoms with Crippen molar-refractivity contribution in [2.45, 2.75) is 18.9 Å². The number of methoxy groups -OCH3 is 1. The molecule has 2 aromatic heterocycles. The lowest BCUT2D eigenvalue weighted by atomic mass is 10.0. The first-order chi connectivity index (χ1) is 9.26. The molecule has 2 heterocycles. The van der Waals surface area contributed by atoms with E-state index in [-0.39, 0.29) is 18.4 Å². The number of fused-ring (bicyclic) bond motifs is 1. The molecule has 0 bridgehead atoms. The van der Waals surface area contributed by atoms with E-state index in [4.69, 9.17) is 5.53 Å². The molecule has 19 heavy (non-hydrogen) atoms. The monoisotopic (exact) mass is 276 g/mol. The Balaban J connectivity index is 2.28. The highest BCUT2D eigenvalue weighted by molar-refractivity contribution is 7.16. The standard InChI is InChI=1S/C12H12N4O2S/c1-18-11(17)5-4-10(15-16-13)9-7-19-12-8(9)3-2-6-14-12/h2-3,6-7,10H,4-5H2,1H3. The second-order valence-corrected chi connectivity index (χ2v) is 4.74. The molecular formula is C12H12N4O2S. The van der Waals surface area contributed by atoms with Crippen molar-refractivity contribution in [3.05, 3.63) is 39.7 Å². The van der Waals surface area contributed by atoms with Gasteiger partial charge in [0.15, 0.2) is 0 Å². The van der Waals surface area contributed by atoms with Gasteiger partial charge in [-0.2, -0.15) is 0 Å². The third-order valence-electron chi connectivity index (χ3n) is 2.78. The minimum Gasteiger partial charge on any atom is -0.469 e. The average molecular weight is 276 g/mol. The number of hydrogen-bond acceptors (Lipinski definition) is 5. The third kappa shape index (κ3) is 3.01. The topological polar surface area (TPSA) is 88.0 Å². The lowest BCUT2D eigenvalue weighted by Crippen LogP contribution is -2.03. The summed E-state index contributed by atoms with van der Waals surface area (Å²) in [4.78, 5) is 19.2. The van der Waals surface area contributed by atoms with Crippen molar-refractivity contribution in [3.63, 3.8) is 0 Å². The molecule has 7 heteroatoms. The summed E-state index contributed by atoms with van der Waals surface area (Å²) in [7, 11) is 1.34. The number of hydrogen-bond donors (Lipinski definition) is 0. The van der Waals surface area contributed by atoms with Gasteiger partial charge in [-0.1, -0.05) is 11.2 Å². The van der Waals surface area contributed by atoms with Crippen molar-refractivity contribution in [2.75, 3.05) is 7.11 Å². The van der Waals surface area contributed by atoms with Crippen LogP contribution < -0.4 is 0 Å². The van der Waals surface area contributed by atoms with Crippen LogP contribution in [0.2, 0.25) is 0 Å². The highest BCUT2D eigenvalue weighted by atomic mass is 32.1. The van der Waals surface area contributed by atoms with E-state index in [1.807, 2.05) is 17.5 Å². The largest absolute Gasteiger partial charge is 0.469 e. The predicted molar refractivity (Wildman–Crippen MR) is 72.8 cm³/mol. The Kier molecular flexibility index (Phi) is 4.33. The van der Waals surface area contributed by atoms with Gasteiger partial charge < -0.3 is 4.74 Å². The number of aromatic nitrogens is 1. The van der Waals surface area contributed by atoms with E-state index < -0.39 is 0 Å². The van der Waals surface area contributed by atoms with E-state index >= 15 is 0 Å². The van der Waals surface area contributed by atoms with Gasteiger partial charge in [-0.15, -0.1) is 11.3 Å². The van der Waals surface area contributed by atoms with Crippen LogP contribution in [0.4, 0.5) is 0 Å². The number of nitrogens with zero attached hydrogens (tertiary/aromatic N) is 4. The van der Waals surface area contributed by atoms with Crippen LogP contribution in [0.15, 0.2) is 28.8 Å². The Labute approximate surface area is 113 Å². The normalized spacial score (nSPS) is 11.8. The first kappa shape index (κ1) is 13.3. The number of carbonyl (C=O) groups is 1. The molecule has 0 N–H and O–H groups in total. The lowest BCUT2D eigenvalue weighted by molar-refractivity contribution is -0.140. The van der Waals surface area contributed by atoms with Crippen molar-refractivity contribution in [1.82, 2.24) is 4.98 Å². The molecule has 0 radical (unpaired) electrons. The van der Waals surface area contributed by atoms with E-state index in [1.165, 1.54) is 18.4 Å². The van der Waals surface area contributed by atoms with Crippen molar-refractivity contribution in [2.24, 2.45) is 5.11 Å². The number of esters is 1. The van der Waals surface area contributed by atoms with Crippen LogP contribution in [0.5, 0.6) is 0 Å². The minimum absolute atomic E-state index is 0.220. The summed E-state index contributed by atoms with van der Waals surface area (Å²) in [5.74, 6) is -0.309. The third-order valence-corrected chi connectivity index (χ3v) is 3.70. The van der Waals surface area contributed by atoms with Gasteiger partial charge >= 0.3 is 5.97 Å². The summed E-state index contributed by atoms with van der Waals surface area (Å²) >= 11 is 1.50. The van der Waals surface area contributed by atoms with E-state index in [1.54, 1.807) is 6.20 Å². The molecule has 2 aromatic rings. The zero-order valence-electron chi connectivity index (χ0n) is 10.3. The zero-order chi connectivity index (χ0) is 13.7. The molecule has 0 spiro atoms. The van der Waals surface area contributed by atoms with Crippen molar-refractivity contribution >= 4 is 27.5 Å². The summed E-state index contributed by atoms with van der Waals surface area (Å²) in [5, 5.41) is 6.67. The number of thiophene rings is 1. The summed E-state index contributed by atoms with van der Waals surface area (Å²) < 4.78 is 4.60.